The zero-order valence-electron chi connectivity index (χ0n) is 19.8. The molecule has 1 aromatic carbocycles. The molecule has 0 spiro atoms. The largest absolute Gasteiger partial charge is 0.382 e. The normalized spacial score (nSPS) is 20.3. The lowest BCUT2D eigenvalue weighted by Crippen LogP contribution is -2.43. The van der Waals surface area contributed by atoms with Crippen LogP contribution in [0.25, 0.3) is 38.2 Å². The summed E-state index contributed by atoms with van der Waals surface area (Å²) < 4.78 is 2.17. The molecule has 0 unspecified atom stereocenters. The van der Waals surface area contributed by atoms with Crippen molar-refractivity contribution in [3.05, 3.63) is 65.6 Å². The quantitative estimate of drug-likeness (QED) is 0.346. The Morgan fingerprint density at radius 2 is 2.00 bits per heavy atom. The van der Waals surface area contributed by atoms with E-state index >= 15 is 0 Å². The van der Waals surface area contributed by atoms with Gasteiger partial charge in [-0.1, -0.05) is 18.2 Å². The zero-order valence-corrected chi connectivity index (χ0v) is 20.6. The minimum Gasteiger partial charge on any atom is -0.382 e. The summed E-state index contributed by atoms with van der Waals surface area (Å²) >= 11 is 1.72. The molecule has 0 bridgehead atoms. The van der Waals surface area contributed by atoms with Gasteiger partial charge in [-0.15, -0.1) is 11.3 Å². The van der Waals surface area contributed by atoms with Crippen LogP contribution < -0.4 is 5.73 Å². The summed E-state index contributed by atoms with van der Waals surface area (Å²) in [5, 5.41) is 3.26. The summed E-state index contributed by atoms with van der Waals surface area (Å²) in [6.45, 7) is 5.92. The van der Waals surface area contributed by atoms with Crippen LogP contribution in [0.4, 0.5) is 5.82 Å². The number of hydrogen-bond donors (Lipinski definition) is 1. The number of pyridine rings is 1. The van der Waals surface area contributed by atoms with E-state index in [0.717, 1.165) is 45.1 Å². The number of rotatable bonds is 5. The maximum absolute atomic E-state index is 6.42. The zero-order chi connectivity index (χ0) is 23.5. The number of thiophene rings is 1. The smallest absolute Gasteiger partial charge is 0.150 e. The predicted molar refractivity (Wildman–Crippen MR) is 143 cm³/mol. The predicted octanol–water partition coefficient (Wildman–Crippen LogP) is 5.76. The Hall–Kier alpha value is -3.29. The van der Waals surface area contributed by atoms with Gasteiger partial charge in [0, 0.05) is 35.8 Å². The summed E-state index contributed by atoms with van der Waals surface area (Å²) in [6.07, 6.45) is 7.54. The number of aromatic nitrogens is 4. The summed E-state index contributed by atoms with van der Waals surface area (Å²) in [6, 6.07) is 12.8. The fourth-order valence-electron chi connectivity index (χ4n) is 5.70. The monoisotopic (exact) mass is 480 g/mol. The first kappa shape index (κ1) is 21.0. The van der Waals surface area contributed by atoms with E-state index in [9.17, 15) is 0 Å². The molecule has 0 atom stereocenters. The van der Waals surface area contributed by atoms with Crippen molar-refractivity contribution in [1.29, 1.82) is 0 Å². The molecule has 35 heavy (non-hydrogen) atoms. The topological polar surface area (TPSA) is 72.3 Å². The van der Waals surface area contributed by atoms with Gasteiger partial charge in [-0.05, 0) is 74.3 Å². The standard InChI is InChI=1S/C28H28N6S/c1-17-12-23(24-4-2-11-35-24)31-22-15-19(5-6-21(17)22)25-26-27(29)30-7-10-34(26)28(32-25)20-13-18(14-20)16-33-8-3-9-33/h2,4-7,10-12,15,18,20H,3,8-9,13-14,16H2,1H3,(H2,29,30). The summed E-state index contributed by atoms with van der Waals surface area (Å²) in [5.41, 5.74) is 12.5. The van der Waals surface area contributed by atoms with Gasteiger partial charge in [-0.25, -0.2) is 15.0 Å². The van der Waals surface area contributed by atoms with E-state index in [1.165, 1.54) is 49.3 Å². The third-order valence-corrected chi connectivity index (χ3v) is 8.63. The Morgan fingerprint density at radius 1 is 1.11 bits per heavy atom. The maximum atomic E-state index is 6.42. The number of nitrogens with zero attached hydrogens (tertiary/aromatic N) is 5. The van der Waals surface area contributed by atoms with E-state index in [1.807, 2.05) is 6.20 Å². The van der Waals surface area contributed by atoms with Crippen LogP contribution in [-0.4, -0.2) is 43.9 Å². The highest BCUT2D eigenvalue weighted by Gasteiger charge is 2.36. The second-order valence-electron chi connectivity index (χ2n) is 10.1. The lowest BCUT2D eigenvalue weighted by molar-refractivity contribution is 0.107. The third kappa shape index (κ3) is 3.53. The van der Waals surface area contributed by atoms with Crippen LogP contribution in [0.2, 0.25) is 0 Å². The number of hydrogen-bond acceptors (Lipinski definition) is 6. The van der Waals surface area contributed by atoms with Crippen LogP contribution in [0, 0.1) is 12.8 Å². The van der Waals surface area contributed by atoms with Crippen LogP contribution >= 0.6 is 11.3 Å². The highest BCUT2D eigenvalue weighted by Crippen LogP contribution is 2.44. The fraction of sp³-hybridized carbons (Fsp3) is 0.321. The third-order valence-electron chi connectivity index (χ3n) is 7.74. The Labute approximate surface area is 208 Å². The number of benzene rings is 1. The Balaban J connectivity index is 1.29. The van der Waals surface area contributed by atoms with Gasteiger partial charge in [0.2, 0.25) is 0 Å². The van der Waals surface area contributed by atoms with Crippen molar-refractivity contribution < 1.29 is 0 Å². The molecule has 7 rings (SSSR count). The molecule has 1 saturated heterocycles. The Morgan fingerprint density at radius 3 is 2.77 bits per heavy atom. The minimum atomic E-state index is 0.468. The van der Waals surface area contributed by atoms with Gasteiger partial charge in [-0.3, -0.25) is 4.40 Å². The summed E-state index contributed by atoms with van der Waals surface area (Å²) in [5.74, 6) is 2.88. The lowest BCUT2D eigenvalue weighted by Gasteiger charge is -2.41. The van der Waals surface area contributed by atoms with Crippen LogP contribution in [-0.2, 0) is 0 Å². The van der Waals surface area contributed by atoms with Gasteiger partial charge in [-0.2, -0.15) is 0 Å². The van der Waals surface area contributed by atoms with Gasteiger partial charge in [0.05, 0.1) is 16.1 Å². The molecule has 1 aliphatic carbocycles. The van der Waals surface area contributed by atoms with Gasteiger partial charge < -0.3 is 10.6 Å². The van der Waals surface area contributed by atoms with E-state index in [4.69, 9.17) is 15.7 Å². The average molecular weight is 481 g/mol. The average Bonchev–Trinajstić information content (AvgIpc) is 3.46. The van der Waals surface area contributed by atoms with Gasteiger partial charge in [0.25, 0.3) is 0 Å². The molecule has 5 heterocycles. The second kappa shape index (κ2) is 8.14. The number of nitrogens with two attached hydrogens (primary N) is 1. The summed E-state index contributed by atoms with van der Waals surface area (Å²) in [4.78, 5) is 18.4. The minimum absolute atomic E-state index is 0.468. The highest BCUT2D eigenvalue weighted by molar-refractivity contribution is 7.13. The van der Waals surface area contributed by atoms with Crippen LogP contribution in [0.3, 0.4) is 0 Å². The number of aryl methyl sites for hydroxylation is 1. The molecule has 1 saturated carbocycles. The Bertz CT molecular complexity index is 1540. The van der Waals surface area contributed by atoms with Crippen LogP contribution in [0.5, 0.6) is 0 Å². The lowest BCUT2D eigenvalue weighted by atomic mass is 9.74. The number of likely N-dealkylation sites (tertiary alicyclic amines) is 1. The number of fused-ring (bicyclic) bond motifs is 2. The van der Waals surface area contributed by atoms with Crippen molar-refractivity contribution in [2.45, 2.75) is 32.1 Å². The SMILES string of the molecule is Cc1cc(-c2cccs2)nc2cc(-c3nc(C4CC(CN5CCC5)C4)n4ccnc(N)c34)ccc12. The van der Waals surface area contributed by atoms with Crippen LogP contribution in [0.15, 0.2) is 54.2 Å². The van der Waals surface area contributed by atoms with E-state index < -0.39 is 0 Å². The van der Waals surface area contributed by atoms with Gasteiger partial charge in [0.15, 0.2) is 0 Å². The van der Waals surface area contributed by atoms with Crippen molar-refractivity contribution in [2.24, 2.45) is 5.92 Å². The molecular formula is C28H28N6S. The van der Waals surface area contributed by atoms with E-state index in [0.29, 0.717) is 11.7 Å². The van der Waals surface area contributed by atoms with Crippen LogP contribution in [0.1, 0.15) is 36.6 Å². The number of nitrogen functional groups attached to an aromatic ring is 1. The molecule has 0 amide bonds. The van der Waals surface area contributed by atoms with Crippen molar-refractivity contribution >= 4 is 33.6 Å². The van der Waals surface area contributed by atoms with E-state index in [1.54, 1.807) is 17.5 Å². The Kier molecular flexibility index (Phi) is 4.89. The first-order chi connectivity index (χ1) is 17.1. The van der Waals surface area contributed by atoms with Crippen molar-refractivity contribution in [2.75, 3.05) is 25.4 Å². The molecule has 1 aliphatic heterocycles. The summed E-state index contributed by atoms with van der Waals surface area (Å²) in [7, 11) is 0. The molecule has 5 aromatic rings. The molecule has 176 valence electrons. The van der Waals surface area contributed by atoms with E-state index in [2.05, 4.69) is 63.0 Å². The first-order valence-electron chi connectivity index (χ1n) is 12.4. The molecule has 0 radical (unpaired) electrons. The number of imidazole rings is 1. The molecular weight excluding hydrogens is 452 g/mol. The molecule has 2 fully saturated rings. The molecule has 2 N–H and O–H groups in total. The van der Waals surface area contributed by atoms with Gasteiger partial charge in [0.1, 0.15) is 22.9 Å². The van der Waals surface area contributed by atoms with Crippen molar-refractivity contribution in [1.82, 2.24) is 24.3 Å². The molecule has 4 aromatic heterocycles. The molecule has 6 nitrogen and oxygen atoms in total. The fourth-order valence-corrected chi connectivity index (χ4v) is 6.39. The maximum Gasteiger partial charge on any atom is 0.150 e. The van der Waals surface area contributed by atoms with E-state index in [-0.39, 0.29) is 0 Å². The second-order valence-corrected chi connectivity index (χ2v) is 11.0. The number of anilines is 1. The highest BCUT2D eigenvalue weighted by atomic mass is 32.1. The van der Waals surface area contributed by atoms with Crippen molar-refractivity contribution in [3.8, 4) is 21.8 Å². The molecule has 2 aliphatic rings. The van der Waals surface area contributed by atoms with Crippen molar-refractivity contribution in [3.63, 3.8) is 0 Å². The first-order valence-corrected chi connectivity index (χ1v) is 13.3. The van der Waals surface area contributed by atoms with Gasteiger partial charge >= 0.3 is 0 Å². The molecule has 7 heteroatoms.